The number of benzene rings is 1. The molecule has 1 aromatic heterocycles. The number of rotatable bonds is 9. The summed E-state index contributed by atoms with van der Waals surface area (Å²) in [5, 5.41) is 6.44. The average Bonchev–Trinajstić information content (AvgIpc) is 3.24. The Morgan fingerprint density at radius 2 is 2.16 bits per heavy atom. The Morgan fingerprint density at radius 3 is 2.96 bits per heavy atom. The number of carbonyl (C=O) groups is 1. The van der Waals surface area contributed by atoms with Crippen LogP contribution >= 0.6 is 11.3 Å². The van der Waals surface area contributed by atoms with Crippen LogP contribution in [0.4, 0.5) is 0 Å². The standard InChI is InChI=1S/C19H25N3O2S/c1-24-12-11-20-10-9-16-7-8-19(23)22(16)13-18-21-17(14-25-18)15-5-3-2-4-6-15/h2-6,14,16,20H,7-13H2,1H3. The van der Waals surface area contributed by atoms with Crippen molar-refractivity contribution in [3.05, 3.63) is 40.7 Å². The van der Waals surface area contributed by atoms with Gasteiger partial charge in [-0.15, -0.1) is 11.3 Å². The molecule has 0 saturated carbocycles. The summed E-state index contributed by atoms with van der Waals surface area (Å²) in [7, 11) is 1.71. The van der Waals surface area contributed by atoms with Crippen molar-refractivity contribution in [2.24, 2.45) is 0 Å². The summed E-state index contributed by atoms with van der Waals surface area (Å²) >= 11 is 1.63. The van der Waals surface area contributed by atoms with Crippen LogP contribution in [0.15, 0.2) is 35.7 Å². The molecule has 0 radical (unpaired) electrons. The maximum Gasteiger partial charge on any atom is 0.223 e. The Bertz CT molecular complexity index is 674. The lowest BCUT2D eigenvalue weighted by Gasteiger charge is -2.24. The highest BCUT2D eigenvalue weighted by Gasteiger charge is 2.31. The molecular formula is C19H25N3O2S. The number of carbonyl (C=O) groups excluding carboxylic acids is 1. The third-order valence-corrected chi connectivity index (χ3v) is 5.35. The Hall–Kier alpha value is -1.76. The van der Waals surface area contributed by atoms with E-state index < -0.39 is 0 Å². The largest absolute Gasteiger partial charge is 0.383 e. The predicted octanol–water partition coefficient (Wildman–Crippen LogP) is 2.93. The summed E-state index contributed by atoms with van der Waals surface area (Å²) < 4.78 is 5.04. The van der Waals surface area contributed by atoms with E-state index in [1.54, 1.807) is 18.4 Å². The highest BCUT2D eigenvalue weighted by atomic mass is 32.1. The first-order chi connectivity index (χ1) is 12.3. The highest BCUT2D eigenvalue weighted by Crippen LogP contribution is 2.27. The number of thiazole rings is 1. The molecule has 5 nitrogen and oxygen atoms in total. The van der Waals surface area contributed by atoms with E-state index in [0.717, 1.165) is 42.2 Å². The molecule has 6 heteroatoms. The van der Waals surface area contributed by atoms with E-state index in [2.05, 4.69) is 22.8 Å². The summed E-state index contributed by atoms with van der Waals surface area (Å²) in [6, 6.07) is 10.5. The maximum absolute atomic E-state index is 12.3. The quantitative estimate of drug-likeness (QED) is 0.700. The Kier molecular flexibility index (Phi) is 6.55. The van der Waals surface area contributed by atoms with Crippen molar-refractivity contribution in [3.63, 3.8) is 0 Å². The van der Waals surface area contributed by atoms with Gasteiger partial charge in [0.2, 0.25) is 5.91 Å². The minimum atomic E-state index is 0.248. The van der Waals surface area contributed by atoms with E-state index >= 15 is 0 Å². The summed E-state index contributed by atoms with van der Waals surface area (Å²) in [5.74, 6) is 0.248. The topological polar surface area (TPSA) is 54.5 Å². The zero-order valence-corrected chi connectivity index (χ0v) is 15.4. The summed E-state index contributed by atoms with van der Waals surface area (Å²) in [6.45, 7) is 3.10. The van der Waals surface area contributed by atoms with Crippen molar-refractivity contribution in [2.45, 2.75) is 31.8 Å². The molecular weight excluding hydrogens is 334 g/mol. The van der Waals surface area contributed by atoms with Crippen LogP contribution in [-0.4, -0.2) is 48.6 Å². The molecule has 1 fully saturated rings. The van der Waals surface area contributed by atoms with Crippen LogP contribution in [-0.2, 0) is 16.1 Å². The van der Waals surface area contributed by atoms with Crippen molar-refractivity contribution in [1.29, 1.82) is 0 Å². The molecule has 1 aliphatic rings. The minimum Gasteiger partial charge on any atom is -0.383 e. The van der Waals surface area contributed by atoms with Gasteiger partial charge in [-0.3, -0.25) is 4.79 Å². The third kappa shape index (κ3) is 4.87. The summed E-state index contributed by atoms with van der Waals surface area (Å²) in [4.78, 5) is 19.0. The molecule has 1 aliphatic heterocycles. The molecule has 25 heavy (non-hydrogen) atoms. The smallest absolute Gasteiger partial charge is 0.223 e. The zero-order valence-electron chi connectivity index (χ0n) is 14.6. The fourth-order valence-electron chi connectivity index (χ4n) is 3.15. The number of likely N-dealkylation sites (tertiary alicyclic amines) is 1. The number of methoxy groups -OCH3 is 1. The van der Waals surface area contributed by atoms with Crippen LogP contribution in [0, 0.1) is 0 Å². The van der Waals surface area contributed by atoms with Crippen LogP contribution in [0.5, 0.6) is 0 Å². The fraction of sp³-hybridized carbons (Fsp3) is 0.474. The molecule has 1 atom stereocenters. The first-order valence-electron chi connectivity index (χ1n) is 8.77. The molecule has 1 N–H and O–H groups in total. The summed E-state index contributed by atoms with van der Waals surface area (Å²) in [6.07, 6.45) is 2.58. The van der Waals surface area contributed by atoms with Crippen LogP contribution in [0.1, 0.15) is 24.3 Å². The van der Waals surface area contributed by atoms with E-state index in [-0.39, 0.29) is 5.91 Å². The van der Waals surface area contributed by atoms with Gasteiger partial charge in [0.25, 0.3) is 0 Å². The van der Waals surface area contributed by atoms with Gasteiger partial charge < -0.3 is 15.0 Å². The third-order valence-electron chi connectivity index (χ3n) is 4.52. The van der Waals surface area contributed by atoms with E-state index in [4.69, 9.17) is 9.72 Å². The Balaban J connectivity index is 1.56. The van der Waals surface area contributed by atoms with Crippen molar-refractivity contribution in [1.82, 2.24) is 15.2 Å². The number of aromatic nitrogens is 1. The lowest BCUT2D eigenvalue weighted by atomic mass is 10.1. The summed E-state index contributed by atoms with van der Waals surface area (Å²) in [5.41, 5.74) is 2.11. The van der Waals surface area contributed by atoms with Gasteiger partial charge >= 0.3 is 0 Å². The second-order valence-corrected chi connectivity index (χ2v) is 7.18. The number of nitrogens with one attached hydrogen (secondary N) is 1. The van der Waals surface area contributed by atoms with E-state index in [0.29, 0.717) is 25.6 Å². The van der Waals surface area contributed by atoms with Gasteiger partial charge in [-0.2, -0.15) is 0 Å². The predicted molar refractivity (Wildman–Crippen MR) is 100 cm³/mol. The van der Waals surface area contributed by atoms with Gasteiger partial charge in [0.15, 0.2) is 0 Å². The molecule has 1 aromatic carbocycles. The van der Waals surface area contributed by atoms with E-state index in [1.807, 2.05) is 23.1 Å². The number of amides is 1. The number of ether oxygens (including phenoxy) is 1. The maximum atomic E-state index is 12.3. The lowest BCUT2D eigenvalue weighted by Crippen LogP contribution is -2.35. The van der Waals surface area contributed by atoms with Crippen LogP contribution in [0.3, 0.4) is 0 Å². The minimum absolute atomic E-state index is 0.248. The van der Waals surface area contributed by atoms with E-state index in [9.17, 15) is 4.79 Å². The van der Waals surface area contributed by atoms with Gasteiger partial charge in [-0.1, -0.05) is 30.3 Å². The Labute approximate surface area is 153 Å². The molecule has 2 aromatic rings. The van der Waals surface area contributed by atoms with E-state index in [1.165, 1.54) is 0 Å². The monoisotopic (exact) mass is 359 g/mol. The number of hydrogen-bond acceptors (Lipinski definition) is 5. The molecule has 1 unspecified atom stereocenters. The SMILES string of the molecule is COCCNCCC1CCC(=O)N1Cc1nc(-c2ccccc2)cs1. The zero-order chi connectivity index (χ0) is 17.5. The second kappa shape index (κ2) is 9.08. The van der Waals surface area contributed by atoms with Crippen molar-refractivity contribution in [3.8, 4) is 11.3 Å². The van der Waals surface area contributed by atoms with Crippen LogP contribution in [0.25, 0.3) is 11.3 Å². The van der Waals surface area contributed by atoms with Crippen molar-refractivity contribution in [2.75, 3.05) is 26.8 Å². The molecule has 3 rings (SSSR count). The first kappa shape index (κ1) is 18.0. The van der Waals surface area contributed by atoms with Crippen molar-refractivity contribution >= 4 is 17.2 Å². The van der Waals surface area contributed by atoms with Crippen LogP contribution in [0.2, 0.25) is 0 Å². The van der Waals surface area contributed by atoms with Gasteiger partial charge in [0.1, 0.15) is 5.01 Å². The van der Waals surface area contributed by atoms with Crippen molar-refractivity contribution < 1.29 is 9.53 Å². The molecule has 0 bridgehead atoms. The number of nitrogens with zero attached hydrogens (tertiary/aromatic N) is 2. The molecule has 0 aliphatic carbocycles. The molecule has 0 spiro atoms. The first-order valence-corrected chi connectivity index (χ1v) is 9.65. The van der Waals surface area contributed by atoms with Crippen LogP contribution < -0.4 is 5.32 Å². The second-order valence-electron chi connectivity index (χ2n) is 6.24. The lowest BCUT2D eigenvalue weighted by molar-refractivity contribution is -0.129. The normalized spacial score (nSPS) is 17.4. The fourth-order valence-corrected chi connectivity index (χ4v) is 3.95. The average molecular weight is 359 g/mol. The Morgan fingerprint density at radius 1 is 1.32 bits per heavy atom. The van der Waals surface area contributed by atoms with Gasteiger partial charge in [-0.25, -0.2) is 4.98 Å². The molecule has 1 saturated heterocycles. The highest BCUT2D eigenvalue weighted by molar-refractivity contribution is 7.09. The number of hydrogen-bond donors (Lipinski definition) is 1. The van der Waals surface area contributed by atoms with Gasteiger partial charge in [-0.05, 0) is 19.4 Å². The molecule has 1 amide bonds. The molecule has 134 valence electrons. The van der Waals surface area contributed by atoms with Gasteiger partial charge in [0.05, 0.1) is 18.8 Å². The van der Waals surface area contributed by atoms with Gasteiger partial charge in [0, 0.05) is 37.1 Å². The molecule has 2 heterocycles.